The van der Waals surface area contributed by atoms with Crippen LogP contribution < -0.4 is 5.32 Å². The van der Waals surface area contributed by atoms with Crippen molar-refractivity contribution in [1.82, 2.24) is 24.9 Å². The van der Waals surface area contributed by atoms with Crippen LogP contribution in [0, 0.1) is 0 Å². The molecule has 1 N–H and O–H groups in total. The lowest BCUT2D eigenvalue weighted by Crippen LogP contribution is -2.25. The Bertz CT molecular complexity index is 1140. The molecule has 0 aliphatic rings. The summed E-state index contributed by atoms with van der Waals surface area (Å²) in [5, 5.41) is 7.73. The summed E-state index contributed by atoms with van der Waals surface area (Å²) < 4.78 is 1.77. The van der Waals surface area contributed by atoms with E-state index in [1.54, 1.807) is 16.9 Å². The van der Waals surface area contributed by atoms with Gasteiger partial charge < -0.3 is 5.32 Å². The first-order chi connectivity index (χ1) is 13.9. The first kappa shape index (κ1) is 18.8. The van der Waals surface area contributed by atoms with E-state index >= 15 is 0 Å². The van der Waals surface area contributed by atoms with Gasteiger partial charge in [0.15, 0.2) is 5.65 Å². The van der Waals surface area contributed by atoms with E-state index in [1.165, 1.54) is 0 Å². The molecule has 29 heavy (non-hydrogen) atoms. The number of nitrogens with zero attached hydrogens (tertiary/aromatic N) is 4. The summed E-state index contributed by atoms with van der Waals surface area (Å²) in [7, 11) is 0. The fraction of sp³-hybridized carbons (Fsp3) is 0.217. The van der Waals surface area contributed by atoms with Crippen LogP contribution >= 0.6 is 0 Å². The van der Waals surface area contributed by atoms with Gasteiger partial charge in [-0.15, -0.1) is 0 Å². The van der Waals surface area contributed by atoms with Crippen LogP contribution in [0.15, 0.2) is 67.0 Å². The fourth-order valence-electron chi connectivity index (χ4n) is 3.11. The van der Waals surface area contributed by atoms with Gasteiger partial charge in [0.1, 0.15) is 0 Å². The number of hydrogen-bond donors (Lipinski definition) is 1. The average molecular weight is 385 g/mol. The van der Waals surface area contributed by atoms with Crippen molar-refractivity contribution in [1.29, 1.82) is 0 Å². The van der Waals surface area contributed by atoms with Crippen molar-refractivity contribution in [3.05, 3.63) is 83.9 Å². The molecule has 6 nitrogen and oxygen atoms in total. The van der Waals surface area contributed by atoms with E-state index in [0.29, 0.717) is 12.1 Å². The molecular formula is C23H23N5O. The lowest BCUT2D eigenvalue weighted by Gasteiger charge is -2.14. The number of fused-ring (bicyclic) bond motifs is 1. The van der Waals surface area contributed by atoms with Gasteiger partial charge in [-0.1, -0.05) is 57.2 Å². The summed E-state index contributed by atoms with van der Waals surface area (Å²) in [6.07, 6.45) is 3.34. The number of nitrogens with one attached hydrogen (secondary N) is 1. The molecule has 0 saturated heterocycles. The summed E-state index contributed by atoms with van der Waals surface area (Å²) >= 11 is 0. The van der Waals surface area contributed by atoms with Gasteiger partial charge in [0, 0.05) is 29.4 Å². The average Bonchev–Trinajstić information content (AvgIpc) is 3.17. The third-order valence-electron chi connectivity index (χ3n) is 4.70. The molecular weight excluding hydrogens is 362 g/mol. The predicted molar refractivity (Wildman–Crippen MR) is 113 cm³/mol. The van der Waals surface area contributed by atoms with Crippen LogP contribution in [0.3, 0.4) is 0 Å². The summed E-state index contributed by atoms with van der Waals surface area (Å²) in [5.41, 5.74) is 4.43. The molecule has 0 saturated carbocycles. The van der Waals surface area contributed by atoms with E-state index < -0.39 is 0 Å². The maximum Gasteiger partial charge on any atom is 0.255 e. The van der Waals surface area contributed by atoms with Crippen molar-refractivity contribution in [2.24, 2.45) is 0 Å². The summed E-state index contributed by atoms with van der Waals surface area (Å²) in [5.74, 6) is -0.211. The predicted octanol–water partition coefficient (Wildman–Crippen LogP) is 4.02. The van der Waals surface area contributed by atoms with Gasteiger partial charge in [-0.25, -0.2) is 9.50 Å². The summed E-state index contributed by atoms with van der Waals surface area (Å²) in [6.45, 7) is 6.67. The lowest BCUT2D eigenvalue weighted by molar-refractivity contribution is 0.0950. The van der Waals surface area contributed by atoms with Crippen molar-refractivity contribution in [3.8, 4) is 11.3 Å². The van der Waals surface area contributed by atoms with E-state index in [2.05, 4.69) is 36.1 Å². The van der Waals surface area contributed by atoms with Crippen LogP contribution in [0.2, 0.25) is 0 Å². The quantitative estimate of drug-likeness (QED) is 0.576. The highest BCUT2D eigenvalue weighted by atomic mass is 16.1. The maximum atomic E-state index is 13.0. The van der Waals surface area contributed by atoms with Gasteiger partial charge in [-0.05, 0) is 12.1 Å². The second kappa shape index (κ2) is 7.47. The minimum atomic E-state index is -0.211. The Morgan fingerprint density at radius 1 is 1.03 bits per heavy atom. The zero-order chi connectivity index (χ0) is 20.4. The summed E-state index contributed by atoms with van der Waals surface area (Å²) in [4.78, 5) is 21.8. The Kier molecular flexibility index (Phi) is 4.84. The molecule has 1 aromatic carbocycles. The molecule has 6 heteroatoms. The largest absolute Gasteiger partial charge is 0.346 e. The molecule has 1 amide bonds. The normalized spacial score (nSPS) is 11.6. The molecule has 0 aliphatic carbocycles. The molecule has 4 rings (SSSR count). The summed E-state index contributed by atoms with van der Waals surface area (Å²) in [6, 6.07) is 17.4. The fourth-order valence-corrected chi connectivity index (χ4v) is 3.11. The van der Waals surface area contributed by atoms with Crippen molar-refractivity contribution in [3.63, 3.8) is 0 Å². The molecule has 3 aromatic heterocycles. The van der Waals surface area contributed by atoms with Gasteiger partial charge >= 0.3 is 0 Å². The van der Waals surface area contributed by atoms with Crippen molar-refractivity contribution in [2.45, 2.75) is 32.7 Å². The van der Waals surface area contributed by atoms with Crippen LogP contribution in [0.4, 0.5) is 0 Å². The third kappa shape index (κ3) is 3.87. The first-order valence-corrected chi connectivity index (χ1v) is 9.56. The standard InChI is InChI=1S/C23H23N5O/c1-23(2,3)19-13-20-25-15-18(22(29)26-14-17-11-7-8-12-24-17)21(28(20)27-19)16-9-5-4-6-10-16/h4-13,15H,14H2,1-3H3,(H,26,29). The highest BCUT2D eigenvalue weighted by Gasteiger charge is 2.23. The van der Waals surface area contributed by atoms with Gasteiger partial charge in [-0.2, -0.15) is 5.10 Å². The number of carbonyl (C=O) groups excluding carboxylic acids is 1. The molecule has 146 valence electrons. The number of aromatic nitrogens is 4. The maximum absolute atomic E-state index is 13.0. The van der Waals surface area contributed by atoms with Crippen molar-refractivity contribution < 1.29 is 4.79 Å². The lowest BCUT2D eigenvalue weighted by atomic mass is 9.93. The second-order valence-corrected chi connectivity index (χ2v) is 7.94. The number of carbonyl (C=O) groups is 1. The van der Waals surface area contributed by atoms with E-state index in [1.807, 2.05) is 54.6 Å². The topological polar surface area (TPSA) is 72.2 Å². The number of hydrogen-bond acceptors (Lipinski definition) is 4. The Morgan fingerprint density at radius 2 is 1.79 bits per heavy atom. The first-order valence-electron chi connectivity index (χ1n) is 9.56. The molecule has 3 heterocycles. The monoisotopic (exact) mass is 385 g/mol. The van der Waals surface area contributed by atoms with E-state index in [9.17, 15) is 4.79 Å². The Morgan fingerprint density at radius 3 is 2.48 bits per heavy atom. The van der Waals surface area contributed by atoms with E-state index in [4.69, 9.17) is 5.10 Å². The number of amides is 1. The van der Waals surface area contributed by atoms with Gasteiger partial charge in [-0.3, -0.25) is 9.78 Å². The molecule has 0 aliphatic heterocycles. The van der Waals surface area contributed by atoms with Gasteiger partial charge in [0.05, 0.1) is 29.2 Å². The minimum absolute atomic E-state index is 0.122. The molecule has 0 bridgehead atoms. The Balaban J connectivity index is 1.79. The number of benzene rings is 1. The van der Waals surface area contributed by atoms with Crippen LogP contribution in [-0.4, -0.2) is 25.5 Å². The van der Waals surface area contributed by atoms with Crippen molar-refractivity contribution in [2.75, 3.05) is 0 Å². The molecule has 0 atom stereocenters. The molecule has 0 unspecified atom stereocenters. The molecule has 0 radical (unpaired) electrons. The van der Waals surface area contributed by atoms with Gasteiger partial charge in [0.25, 0.3) is 5.91 Å². The van der Waals surface area contributed by atoms with Crippen LogP contribution in [0.25, 0.3) is 16.9 Å². The smallest absolute Gasteiger partial charge is 0.255 e. The molecule has 0 fully saturated rings. The highest BCUT2D eigenvalue weighted by Crippen LogP contribution is 2.27. The van der Waals surface area contributed by atoms with Crippen LogP contribution in [-0.2, 0) is 12.0 Å². The molecule has 4 aromatic rings. The van der Waals surface area contributed by atoms with Crippen molar-refractivity contribution >= 4 is 11.6 Å². The second-order valence-electron chi connectivity index (χ2n) is 7.94. The Labute approximate surface area is 169 Å². The van der Waals surface area contributed by atoms with Gasteiger partial charge in [0.2, 0.25) is 0 Å². The van der Waals surface area contributed by atoms with E-state index in [-0.39, 0.29) is 11.3 Å². The Hall–Kier alpha value is -3.54. The van der Waals surface area contributed by atoms with Crippen LogP contribution in [0.1, 0.15) is 42.5 Å². The number of pyridine rings is 1. The highest BCUT2D eigenvalue weighted by molar-refractivity contribution is 6.00. The number of rotatable bonds is 4. The third-order valence-corrected chi connectivity index (χ3v) is 4.70. The van der Waals surface area contributed by atoms with Crippen LogP contribution in [0.5, 0.6) is 0 Å². The minimum Gasteiger partial charge on any atom is -0.346 e. The molecule has 0 spiro atoms. The SMILES string of the molecule is CC(C)(C)c1cc2ncc(C(=O)NCc3ccccn3)c(-c3ccccc3)n2n1. The zero-order valence-corrected chi connectivity index (χ0v) is 16.8. The zero-order valence-electron chi connectivity index (χ0n) is 16.8. The van der Waals surface area contributed by atoms with E-state index in [0.717, 1.165) is 28.3 Å².